The van der Waals surface area contributed by atoms with Crippen LogP contribution < -0.4 is 0 Å². The van der Waals surface area contributed by atoms with E-state index in [-0.39, 0.29) is 37.5 Å². The Kier molecular flexibility index (Phi) is 57.2. The maximum absolute atomic E-state index is 12.8. The van der Waals surface area contributed by atoms with Crippen LogP contribution in [0.25, 0.3) is 0 Å². The first-order valence-electron chi connectivity index (χ1n) is 30.8. The van der Waals surface area contributed by atoms with Crippen molar-refractivity contribution in [1.82, 2.24) is 0 Å². The summed E-state index contributed by atoms with van der Waals surface area (Å²) in [5.41, 5.74) is 0. The van der Waals surface area contributed by atoms with E-state index in [0.717, 1.165) is 83.5 Å². The normalized spacial score (nSPS) is 12.4. The lowest BCUT2D eigenvalue weighted by Crippen LogP contribution is -2.30. The molecule has 0 N–H and O–H groups in total. The maximum Gasteiger partial charge on any atom is 0.306 e. The Hall–Kier alpha value is -2.89. The highest BCUT2D eigenvalue weighted by atomic mass is 16.6. The first kappa shape index (κ1) is 68.1. The van der Waals surface area contributed by atoms with Crippen molar-refractivity contribution in [3.63, 3.8) is 0 Å². The molecule has 0 bridgehead atoms. The van der Waals surface area contributed by atoms with Gasteiger partial charge in [-0.25, -0.2) is 0 Å². The van der Waals surface area contributed by atoms with Crippen molar-refractivity contribution in [3.05, 3.63) is 60.8 Å². The van der Waals surface area contributed by atoms with Gasteiger partial charge in [-0.1, -0.05) is 281 Å². The second-order valence-corrected chi connectivity index (χ2v) is 20.6. The third kappa shape index (κ3) is 57.9. The van der Waals surface area contributed by atoms with Gasteiger partial charge in [0.2, 0.25) is 0 Å². The number of unbranched alkanes of at least 4 members (excludes halogenated alkanes) is 35. The van der Waals surface area contributed by atoms with Crippen molar-refractivity contribution in [2.45, 2.75) is 322 Å². The topological polar surface area (TPSA) is 78.9 Å². The number of allylic oxidation sites excluding steroid dienone is 10. The zero-order valence-corrected chi connectivity index (χ0v) is 47.2. The van der Waals surface area contributed by atoms with E-state index in [2.05, 4.69) is 81.5 Å². The van der Waals surface area contributed by atoms with Gasteiger partial charge < -0.3 is 14.2 Å². The minimum Gasteiger partial charge on any atom is -0.462 e. The average molecular weight is 994 g/mol. The van der Waals surface area contributed by atoms with E-state index in [9.17, 15) is 14.4 Å². The molecule has 412 valence electrons. The van der Waals surface area contributed by atoms with Crippen molar-refractivity contribution in [2.24, 2.45) is 0 Å². The SMILES string of the molecule is CC/C=C\C/C=C\C/C=C\C/C=C\CCCCC(=O)OC(COC(=O)CCCCCCC/C=C\CCCC)COC(=O)CCCCCCCCCCCCCCCCCCCCCCCCCCCCC. The number of esters is 3. The number of hydrogen-bond donors (Lipinski definition) is 0. The molecule has 0 aliphatic carbocycles. The molecule has 0 aromatic rings. The molecular formula is C65H116O6. The van der Waals surface area contributed by atoms with Gasteiger partial charge in [0.05, 0.1) is 0 Å². The molecule has 0 aliphatic heterocycles. The van der Waals surface area contributed by atoms with Crippen LogP contribution >= 0.6 is 0 Å². The molecule has 6 heteroatoms. The van der Waals surface area contributed by atoms with Gasteiger partial charge in [0.25, 0.3) is 0 Å². The lowest BCUT2D eigenvalue weighted by Gasteiger charge is -2.18. The highest BCUT2D eigenvalue weighted by molar-refractivity contribution is 5.71. The first-order valence-corrected chi connectivity index (χ1v) is 30.8. The van der Waals surface area contributed by atoms with Gasteiger partial charge in [0.15, 0.2) is 6.10 Å². The summed E-state index contributed by atoms with van der Waals surface area (Å²) in [6, 6.07) is 0. The zero-order chi connectivity index (χ0) is 51.4. The van der Waals surface area contributed by atoms with Gasteiger partial charge in [-0.05, 0) is 77.0 Å². The fourth-order valence-electron chi connectivity index (χ4n) is 8.89. The van der Waals surface area contributed by atoms with Crippen molar-refractivity contribution < 1.29 is 28.6 Å². The molecule has 0 saturated heterocycles. The number of carbonyl (C=O) groups is 3. The maximum atomic E-state index is 12.8. The van der Waals surface area contributed by atoms with Crippen molar-refractivity contribution in [2.75, 3.05) is 13.2 Å². The quantitative estimate of drug-likeness (QED) is 0.0261. The molecule has 0 fully saturated rings. The molecule has 0 saturated carbocycles. The Morgan fingerprint density at radius 3 is 0.944 bits per heavy atom. The summed E-state index contributed by atoms with van der Waals surface area (Å²) in [6.45, 7) is 6.48. The summed E-state index contributed by atoms with van der Waals surface area (Å²) in [7, 11) is 0. The lowest BCUT2D eigenvalue weighted by atomic mass is 10.0. The predicted molar refractivity (Wildman–Crippen MR) is 307 cm³/mol. The molecule has 0 amide bonds. The Bertz CT molecular complexity index is 1280. The minimum absolute atomic E-state index is 0.0911. The van der Waals surface area contributed by atoms with Crippen LogP contribution in [-0.4, -0.2) is 37.2 Å². The van der Waals surface area contributed by atoms with Crippen LogP contribution in [0.3, 0.4) is 0 Å². The summed E-state index contributed by atoms with van der Waals surface area (Å²) < 4.78 is 16.8. The van der Waals surface area contributed by atoms with Crippen LogP contribution in [0.5, 0.6) is 0 Å². The van der Waals surface area contributed by atoms with Crippen LogP contribution in [0.1, 0.15) is 316 Å². The van der Waals surface area contributed by atoms with E-state index in [1.807, 2.05) is 0 Å². The molecule has 0 spiro atoms. The first-order chi connectivity index (χ1) is 35.0. The lowest BCUT2D eigenvalue weighted by molar-refractivity contribution is -0.167. The molecule has 0 aromatic heterocycles. The van der Waals surface area contributed by atoms with E-state index in [0.29, 0.717) is 19.3 Å². The van der Waals surface area contributed by atoms with Gasteiger partial charge in [-0.3, -0.25) is 14.4 Å². The van der Waals surface area contributed by atoms with Crippen molar-refractivity contribution >= 4 is 17.9 Å². The molecule has 0 heterocycles. The minimum atomic E-state index is -0.797. The predicted octanol–water partition coefficient (Wildman–Crippen LogP) is 20.8. The van der Waals surface area contributed by atoms with Gasteiger partial charge >= 0.3 is 17.9 Å². The molecule has 1 atom stereocenters. The van der Waals surface area contributed by atoms with Crippen molar-refractivity contribution in [1.29, 1.82) is 0 Å². The van der Waals surface area contributed by atoms with Crippen LogP contribution in [0, 0.1) is 0 Å². The molecular weight excluding hydrogens is 877 g/mol. The Morgan fingerprint density at radius 1 is 0.296 bits per heavy atom. The van der Waals surface area contributed by atoms with Crippen LogP contribution in [-0.2, 0) is 28.6 Å². The monoisotopic (exact) mass is 993 g/mol. The highest BCUT2D eigenvalue weighted by Gasteiger charge is 2.19. The third-order valence-electron chi connectivity index (χ3n) is 13.5. The second-order valence-electron chi connectivity index (χ2n) is 20.6. The fraction of sp³-hybridized carbons (Fsp3) is 0.800. The Balaban J connectivity index is 4.19. The number of carbonyl (C=O) groups excluding carboxylic acids is 3. The largest absolute Gasteiger partial charge is 0.462 e. The van der Waals surface area contributed by atoms with Crippen molar-refractivity contribution in [3.8, 4) is 0 Å². The molecule has 1 unspecified atom stereocenters. The average Bonchev–Trinajstić information content (AvgIpc) is 3.37. The third-order valence-corrected chi connectivity index (χ3v) is 13.5. The zero-order valence-electron chi connectivity index (χ0n) is 47.2. The summed E-state index contributed by atoms with van der Waals surface area (Å²) in [5.74, 6) is -0.931. The standard InChI is InChI=1S/C65H116O6/c1-4-7-10-13-16-19-22-24-26-27-28-29-30-31-32-33-34-35-36-37-39-40-43-46-49-52-55-58-64(67)70-61-62(60-69-63(66)57-54-51-48-45-42-21-18-15-12-9-6-3)71-65(68)59-56-53-50-47-44-41-38-25-23-20-17-14-11-8-5-2/h8,11,15,17-18,20,25,38,44,47,62H,4-7,9-10,12-14,16,19,21-24,26-37,39-43,45-46,48-61H2,1-3H3/b11-8-,18-15-,20-17-,38-25-,47-44-. The summed E-state index contributed by atoms with van der Waals surface area (Å²) >= 11 is 0. The summed E-state index contributed by atoms with van der Waals surface area (Å²) in [4.78, 5) is 38.1. The van der Waals surface area contributed by atoms with E-state index < -0.39 is 6.10 Å². The van der Waals surface area contributed by atoms with E-state index >= 15 is 0 Å². The molecule has 0 radical (unpaired) electrons. The van der Waals surface area contributed by atoms with E-state index in [4.69, 9.17) is 14.2 Å². The molecule has 0 aromatic carbocycles. The fourth-order valence-corrected chi connectivity index (χ4v) is 8.89. The molecule has 0 rings (SSSR count). The van der Waals surface area contributed by atoms with Gasteiger partial charge in [0, 0.05) is 19.3 Å². The Labute approximate surface area is 440 Å². The summed E-state index contributed by atoms with van der Waals surface area (Å²) in [6.07, 6.45) is 75.4. The van der Waals surface area contributed by atoms with E-state index in [1.165, 1.54) is 186 Å². The summed E-state index contributed by atoms with van der Waals surface area (Å²) in [5, 5.41) is 0. The second kappa shape index (κ2) is 59.7. The van der Waals surface area contributed by atoms with Crippen LogP contribution in [0.2, 0.25) is 0 Å². The van der Waals surface area contributed by atoms with Crippen LogP contribution in [0.4, 0.5) is 0 Å². The number of hydrogen-bond acceptors (Lipinski definition) is 6. The van der Waals surface area contributed by atoms with E-state index in [1.54, 1.807) is 0 Å². The molecule has 6 nitrogen and oxygen atoms in total. The molecule has 71 heavy (non-hydrogen) atoms. The highest BCUT2D eigenvalue weighted by Crippen LogP contribution is 2.17. The molecule has 0 aliphatic rings. The van der Waals surface area contributed by atoms with Gasteiger partial charge in [-0.15, -0.1) is 0 Å². The van der Waals surface area contributed by atoms with Crippen LogP contribution in [0.15, 0.2) is 60.8 Å². The number of rotatable bonds is 56. The van der Waals surface area contributed by atoms with Gasteiger partial charge in [-0.2, -0.15) is 0 Å². The number of ether oxygens (including phenoxy) is 3. The van der Waals surface area contributed by atoms with Gasteiger partial charge in [0.1, 0.15) is 13.2 Å². The Morgan fingerprint density at radius 2 is 0.563 bits per heavy atom. The smallest absolute Gasteiger partial charge is 0.306 e.